The van der Waals surface area contributed by atoms with Crippen LogP contribution in [0.3, 0.4) is 0 Å². The maximum absolute atomic E-state index is 13.1. The third-order valence-electron chi connectivity index (χ3n) is 5.39. The minimum Gasteiger partial charge on any atom is -0.347 e. The molecule has 1 aromatic carbocycles. The number of carbonyl (C=O) groups is 1. The lowest BCUT2D eigenvalue weighted by molar-refractivity contribution is -0.496. The fraction of sp³-hybridized carbons (Fsp3) is 0.471. The van der Waals surface area contributed by atoms with Crippen molar-refractivity contribution in [3.8, 4) is 12.1 Å². The number of nitriles is 2. The lowest BCUT2D eigenvalue weighted by Gasteiger charge is -2.69. The molecule has 0 bridgehead atoms. The Bertz CT molecular complexity index is 802. The van der Waals surface area contributed by atoms with E-state index in [2.05, 4.69) is 5.32 Å². The van der Waals surface area contributed by atoms with Gasteiger partial charge in [0.15, 0.2) is 5.41 Å². The van der Waals surface area contributed by atoms with Crippen LogP contribution in [0.4, 0.5) is 5.69 Å². The summed E-state index contributed by atoms with van der Waals surface area (Å²) < 4.78 is 22.2. The predicted octanol–water partition coefficient (Wildman–Crippen LogP) is 0.902. The average Bonchev–Trinajstić information content (AvgIpc) is 2.95. The molecule has 3 rings (SSSR count). The molecule has 1 aromatic rings. The van der Waals surface area contributed by atoms with Gasteiger partial charge in [0.2, 0.25) is 17.1 Å². The Balaban J connectivity index is 2.49. The third kappa shape index (κ3) is 1.33. The number of hydrogen-bond donors (Lipinski definition) is 1. The van der Waals surface area contributed by atoms with Gasteiger partial charge in [-0.2, -0.15) is 10.5 Å². The quantitative estimate of drug-likeness (QED) is 0.808. The van der Waals surface area contributed by atoms with Gasteiger partial charge in [-0.05, 0) is 11.6 Å². The average molecular weight is 343 g/mol. The van der Waals surface area contributed by atoms with Crippen LogP contribution in [0.25, 0.3) is 0 Å². The molecule has 25 heavy (non-hydrogen) atoms. The van der Waals surface area contributed by atoms with E-state index in [0.29, 0.717) is 11.3 Å². The summed E-state index contributed by atoms with van der Waals surface area (Å²) in [5.74, 6) is -4.39. The number of fused-ring (bicyclic) bond motifs is 2. The number of anilines is 1. The molecule has 8 heteroatoms. The van der Waals surface area contributed by atoms with Crippen LogP contribution >= 0.6 is 0 Å². The Labute approximate surface area is 144 Å². The monoisotopic (exact) mass is 343 g/mol. The van der Waals surface area contributed by atoms with Crippen molar-refractivity contribution in [1.82, 2.24) is 0 Å². The maximum atomic E-state index is 13.1. The van der Waals surface area contributed by atoms with E-state index in [1.54, 1.807) is 24.3 Å². The second-order valence-electron chi connectivity index (χ2n) is 5.77. The van der Waals surface area contributed by atoms with Crippen LogP contribution in [0.1, 0.15) is 5.56 Å². The van der Waals surface area contributed by atoms with E-state index in [0.717, 1.165) is 0 Å². The highest BCUT2D eigenvalue weighted by Gasteiger charge is 2.98. The molecule has 1 fully saturated rings. The van der Waals surface area contributed by atoms with Gasteiger partial charge in [0.1, 0.15) is 0 Å². The van der Waals surface area contributed by atoms with E-state index in [9.17, 15) is 15.3 Å². The molecule has 1 saturated carbocycles. The van der Waals surface area contributed by atoms with E-state index in [1.165, 1.54) is 28.4 Å². The van der Waals surface area contributed by atoms with Gasteiger partial charge in [0.05, 0.1) is 12.1 Å². The summed E-state index contributed by atoms with van der Waals surface area (Å²) in [4.78, 5) is 13.1. The van der Waals surface area contributed by atoms with Crippen molar-refractivity contribution in [3.63, 3.8) is 0 Å². The zero-order chi connectivity index (χ0) is 18.5. The standard InChI is InChI=1S/C17H17N3O5/c1-22-16(23-2)14(9-18,10-19)15(17(16,24-3)25-4)11-7-5-6-8-12(11)20-13(15)21/h5-8H,1-4H3,(H,20,21)/t15-/m1/s1. The number of rotatable bonds is 4. The summed E-state index contributed by atoms with van der Waals surface area (Å²) in [5.41, 5.74) is -2.96. The molecule has 0 saturated heterocycles. The molecular formula is C17H17N3O5. The maximum Gasteiger partial charge on any atom is 0.259 e. The Morgan fingerprint density at radius 2 is 1.44 bits per heavy atom. The number of para-hydroxylation sites is 1. The first-order valence-corrected chi connectivity index (χ1v) is 7.43. The lowest BCUT2D eigenvalue weighted by Crippen LogP contribution is -2.92. The van der Waals surface area contributed by atoms with Gasteiger partial charge >= 0.3 is 0 Å². The number of benzene rings is 1. The van der Waals surface area contributed by atoms with Gasteiger partial charge in [-0.1, -0.05) is 18.2 Å². The summed E-state index contributed by atoms with van der Waals surface area (Å²) >= 11 is 0. The van der Waals surface area contributed by atoms with E-state index in [1.807, 2.05) is 12.1 Å². The summed E-state index contributed by atoms with van der Waals surface area (Å²) in [5, 5.41) is 22.7. The fourth-order valence-electron chi connectivity index (χ4n) is 4.54. The fourth-order valence-corrected chi connectivity index (χ4v) is 4.54. The molecule has 0 unspecified atom stereocenters. The molecule has 0 radical (unpaired) electrons. The number of nitrogens with zero attached hydrogens (tertiary/aromatic N) is 2. The van der Waals surface area contributed by atoms with Gasteiger partial charge in [0, 0.05) is 34.1 Å². The summed E-state index contributed by atoms with van der Waals surface area (Å²) in [6.07, 6.45) is 0. The van der Waals surface area contributed by atoms with Crippen LogP contribution in [0.2, 0.25) is 0 Å². The lowest BCUT2D eigenvalue weighted by atomic mass is 9.40. The normalized spacial score (nSPS) is 26.9. The molecule has 1 atom stereocenters. The van der Waals surface area contributed by atoms with Crippen LogP contribution in [0.15, 0.2) is 24.3 Å². The zero-order valence-corrected chi connectivity index (χ0v) is 14.2. The molecule has 1 N–H and O–H groups in total. The third-order valence-corrected chi connectivity index (χ3v) is 5.39. The zero-order valence-electron chi connectivity index (χ0n) is 14.2. The van der Waals surface area contributed by atoms with Crippen molar-refractivity contribution in [1.29, 1.82) is 10.5 Å². The van der Waals surface area contributed by atoms with Gasteiger partial charge in [0.25, 0.3) is 5.79 Å². The number of methoxy groups -OCH3 is 4. The van der Waals surface area contributed by atoms with Crippen molar-refractivity contribution >= 4 is 11.6 Å². The van der Waals surface area contributed by atoms with Crippen molar-refractivity contribution in [2.45, 2.75) is 17.0 Å². The number of ether oxygens (including phenoxy) is 4. The highest BCUT2D eigenvalue weighted by atomic mass is 16.8. The topological polar surface area (TPSA) is 114 Å². The first-order chi connectivity index (χ1) is 12.0. The van der Waals surface area contributed by atoms with Crippen LogP contribution < -0.4 is 5.32 Å². The van der Waals surface area contributed by atoms with Crippen LogP contribution in [0, 0.1) is 28.1 Å². The van der Waals surface area contributed by atoms with Gasteiger partial charge in [-0.15, -0.1) is 0 Å². The summed E-state index contributed by atoms with van der Waals surface area (Å²) in [7, 11) is 5.16. The van der Waals surface area contributed by atoms with E-state index >= 15 is 0 Å². The number of amides is 1. The second-order valence-corrected chi connectivity index (χ2v) is 5.77. The largest absolute Gasteiger partial charge is 0.347 e. The minimum absolute atomic E-state index is 0.413. The molecular weight excluding hydrogens is 326 g/mol. The smallest absolute Gasteiger partial charge is 0.259 e. The summed E-state index contributed by atoms with van der Waals surface area (Å²) in [6.45, 7) is 0. The van der Waals surface area contributed by atoms with E-state index in [-0.39, 0.29) is 0 Å². The SMILES string of the molecule is COC1(OC)C(C#N)(C#N)[C@@]2(C(=O)Nc3ccccc32)C1(OC)OC. The molecule has 8 nitrogen and oxygen atoms in total. The van der Waals surface area contributed by atoms with Crippen LogP contribution in [-0.2, 0) is 29.2 Å². The first kappa shape index (κ1) is 17.3. The molecule has 1 spiro atoms. The summed E-state index contributed by atoms with van der Waals surface area (Å²) in [6, 6.07) is 10.7. The Hall–Kier alpha value is -2.49. The molecule has 1 amide bonds. The predicted molar refractivity (Wildman–Crippen MR) is 83.9 cm³/mol. The van der Waals surface area contributed by atoms with Crippen molar-refractivity contribution < 1.29 is 23.7 Å². The highest BCUT2D eigenvalue weighted by Crippen LogP contribution is 2.74. The van der Waals surface area contributed by atoms with E-state index < -0.39 is 28.3 Å². The van der Waals surface area contributed by atoms with Crippen molar-refractivity contribution in [2.75, 3.05) is 33.8 Å². The minimum atomic E-state index is -2.05. The van der Waals surface area contributed by atoms with Gasteiger partial charge < -0.3 is 24.3 Å². The van der Waals surface area contributed by atoms with Crippen LogP contribution in [-0.4, -0.2) is 45.9 Å². The Morgan fingerprint density at radius 3 is 1.92 bits per heavy atom. The van der Waals surface area contributed by atoms with Crippen molar-refractivity contribution in [2.24, 2.45) is 5.41 Å². The number of carbonyl (C=O) groups excluding carboxylic acids is 1. The van der Waals surface area contributed by atoms with Gasteiger partial charge in [-0.3, -0.25) is 4.79 Å². The molecule has 130 valence electrons. The highest BCUT2D eigenvalue weighted by molar-refractivity contribution is 6.10. The Morgan fingerprint density at radius 1 is 0.920 bits per heavy atom. The van der Waals surface area contributed by atoms with E-state index in [4.69, 9.17) is 18.9 Å². The van der Waals surface area contributed by atoms with Gasteiger partial charge in [-0.25, -0.2) is 0 Å². The first-order valence-electron chi connectivity index (χ1n) is 7.43. The molecule has 1 heterocycles. The number of nitrogens with one attached hydrogen (secondary N) is 1. The molecule has 1 aliphatic carbocycles. The number of hydrogen-bond acceptors (Lipinski definition) is 7. The van der Waals surface area contributed by atoms with Crippen LogP contribution in [0.5, 0.6) is 0 Å². The van der Waals surface area contributed by atoms with Crippen molar-refractivity contribution in [3.05, 3.63) is 29.8 Å². The second kappa shape index (κ2) is 5.25. The molecule has 1 aliphatic heterocycles. The Kier molecular flexibility index (Phi) is 3.64. The molecule has 0 aromatic heterocycles. The molecule has 2 aliphatic rings.